The summed E-state index contributed by atoms with van der Waals surface area (Å²) in [5, 5.41) is 6.52. The predicted molar refractivity (Wildman–Crippen MR) is 47.1 cm³/mol. The highest BCUT2D eigenvalue weighted by Gasteiger charge is 2.08. The maximum absolute atomic E-state index is 6.52. The molecule has 0 rings (SSSR count). The molecule has 11 heavy (non-hydrogen) atoms. The largest absolute Gasteiger partial charge is 0.326 e. The van der Waals surface area contributed by atoms with Gasteiger partial charge in [-0.05, 0) is 33.1 Å². The fourth-order valence-corrected chi connectivity index (χ4v) is 0.827. The van der Waals surface area contributed by atoms with E-state index >= 15 is 0 Å². The molecular weight excluding hydrogens is 138 g/mol. The van der Waals surface area contributed by atoms with Gasteiger partial charge in [-0.15, -0.1) is 0 Å². The van der Waals surface area contributed by atoms with Crippen LogP contribution >= 0.6 is 0 Å². The van der Waals surface area contributed by atoms with Crippen molar-refractivity contribution in [2.24, 2.45) is 10.7 Å². The van der Waals surface area contributed by atoms with Gasteiger partial charge in [-0.2, -0.15) is 0 Å². The van der Waals surface area contributed by atoms with Crippen LogP contribution < -0.4 is 5.73 Å². The van der Waals surface area contributed by atoms with Crippen molar-refractivity contribution in [1.29, 1.82) is 5.41 Å². The summed E-state index contributed by atoms with van der Waals surface area (Å²) in [6.45, 7) is 4.75. The summed E-state index contributed by atoms with van der Waals surface area (Å²) in [6, 6.07) is 2.01. The first-order valence-corrected chi connectivity index (χ1v) is 3.93. The van der Waals surface area contributed by atoms with E-state index < -0.39 is 0 Å². The SMILES string of the molecule is CC(C)(N)CCCCN=C=N. The molecule has 0 aliphatic rings. The van der Waals surface area contributed by atoms with Gasteiger partial charge < -0.3 is 5.73 Å². The molecule has 0 aromatic carbocycles. The van der Waals surface area contributed by atoms with Gasteiger partial charge in [0.05, 0.1) is 6.01 Å². The van der Waals surface area contributed by atoms with Gasteiger partial charge in [-0.25, -0.2) is 10.4 Å². The molecule has 0 aromatic heterocycles. The molecule has 3 nitrogen and oxygen atoms in total. The summed E-state index contributed by atoms with van der Waals surface area (Å²) >= 11 is 0. The second kappa shape index (κ2) is 5.05. The average molecular weight is 155 g/mol. The predicted octanol–water partition coefficient (Wildman–Crippen LogP) is 1.65. The number of nitrogens with zero attached hydrogens (tertiary/aromatic N) is 1. The lowest BCUT2D eigenvalue weighted by atomic mass is 9.99. The van der Waals surface area contributed by atoms with E-state index in [1.54, 1.807) is 0 Å². The molecule has 0 amide bonds. The molecule has 0 saturated carbocycles. The maximum Gasteiger partial charge on any atom is 0.0861 e. The van der Waals surface area contributed by atoms with E-state index in [0.717, 1.165) is 19.3 Å². The molecule has 0 aliphatic heterocycles. The minimum absolute atomic E-state index is 0.0611. The molecule has 0 bridgehead atoms. The second-order valence-corrected chi connectivity index (χ2v) is 3.44. The van der Waals surface area contributed by atoms with Crippen molar-refractivity contribution in [3.05, 3.63) is 0 Å². The summed E-state index contributed by atoms with van der Waals surface area (Å²) in [5.74, 6) is 0. The number of nitrogens with two attached hydrogens (primary N) is 1. The van der Waals surface area contributed by atoms with Crippen LogP contribution in [0.5, 0.6) is 0 Å². The van der Waals surface area contributed by atoms with Crippen molar-refractivity contribution in [2.75, 3.05) is 6.54 Å². The Kier molecular flexibility index (Phi) is 4.75. The first-order valence-electron chi connectivity index (χ1n) is 3.93. The van der Waals surface area contributed by atoms with Gasteiger partial charge in [0.25, 0.3) is 0 Å². The number of aliphatic imine (C=N–C) groups is 1. The van der Waals surface area contributed by atoms with Gasteiger partial charge in [0.15, 0.2) is 0 Å². The van der Waals surface area contributed by atoms with Crippen molar-refractivity contribution in [3.8, 4) is 0 Å². The maximum atomic E-state index is 6.52. The molecule has 3 heteroatoms. The van der Waals surface area contributed by atoms with Gasteiger partial charge in [-0.1, -0.05) is 0 Å². The van der Waals surface area contributed by atoms with Gasteiger partial charge in [0, 0.05) is 12.1 Å². The lowest BCUT2D eigenvalue weighted by Crippen LogP contribution is -2.31. The Hall–Kier alpha value is -0.660. The number of nitrogens with one attached hydrogen (secondary N) is 1. The molecule has 0 unspecified atom stereocenters. The third kappa shape index (κ3) is 9.34. The summed E-state index contributed by atoms with van der Waals surface area (Å²) in [5.41, 5.74) is 5.71. The molecule has 3 N–H and O–H groups in total. The van der Waals surface area contributed by atoms with Crippen molar-refractivity contribution in [1.82, 2.24) is 0 Å². The van der Waals surface area contributed by atoms with Crippen LogP contribution in [0.25, 0.3) is 0 Å². The van der Waals surface area contributed by atoms with Gasteiger partial charge >= 0.3 is 0 Å². The molecule has 0 aliphatic carbocycles. The molecule has 64 valence electrons. The first kappa shape index (κ1) is 10.3. The van der Waals surface area contributed by atoms with Crippen molar-refractivity contribution in [3.63, 3.8) is 0 Å². The minimum atomic E-state index is -0.0611. The van der Waals surface area contributed by atoms with Crippen LogP contribution in [0.1, 0.15) is 33.1 Å². The van der Waals surface area contributed by atoms with Crippen LogP contribution in [-0.4, -0.2) is 18.1 Å². The molecule has 0 fully saturated rings. The van der Waals surface area contributed by atoms with E-state index in [2.05, 4.69) is 4.99 Å². The summed E-state index contributed by atoms with van der Waals surface area (Å²) in [7, 11) is 0. The number of rotatable bonds is 5. The zero-order valence-corrected chi connectivity index (χ0v) is 7.35. The summed E-state index contributed by atoms with van der Waals surface area (Å²) in [6.07, 6.45) is 3.10. The fraction of sp³-hybridized carbons (Fsp3) is 0.875. The smallest absolute Gasteiger partial charge is 0.0861 e. The van der Waals surface area contributed by atoms with Crippen molar-refractivity contribution < 1.29 is 0 Å². The van der Waals surface area contributed by atoms with Crippen molar-refractivity contribution >= 4 is 6.01 Å². The van der Waals surface area contributed by atoms with Crippen LogP contribution in [0, 0.1) is 5.41 Å². The van der Waals surface area contributed by atoms with Gasteiger partial charge in [0.1, 0.15) is 0 Å². The van der Waals surface area contributed by atoms with Gasteiger partial charge in [0.2, 0.25) is 0 Å². The van der Waals surface area contributed by atoms with E-state index in [-0.39, 0.29) is 5.54 Å². The zero-order chi connectivity index (χ0) is 8.74. The van der Waals surface area contributed by atoms with E-state index in [0.29, 0.717) is 6.54 Å². The van der Waals surface area contributed by atoms with E-state index in [1.807, 2.05) is 19.9 Å². The Balaban J connectivity index is 3.21. The first-order chi connectivity index (χ1) is 5.06. The van der Waals surface area contributed by atoms with Crippen molar-refractivity contribution in [2.45, 2.75) is 38.6 Å². The molecule has 0 atom stereocenters. The molecular formula is C8H17N3. The highest BCUT2D eigenvalue weighted by atomic mass is 14.7. The molecule has 0 aromatic rings. The Morgan fingerprint density at radius 1 is 1.45 bits per heavy atom. The molecule has 0 saturated heterocycles. The van der Waals surface area contributed by atoms with Gasteiger partial charge in [-0.3, -0.25) is 0 Å². The standard InChI is InChI=1S/C8H17N3/c1-8(2,10)5-3-4-6-11-7-9/h9H,3-6,10H2,1-2H3. The Morgan fingerprint density at radius 2 is 2.09 bits per heavy atom. The van der Waals surface area contributed by atoms with Crippen LogP contribution in [0.3, 0.4) is 0 Å². The molecule has 0 heterocycles. The Morgan fingerprint density at radius 3 is 2.55 bits per heavy atom. The fourth-order valence-electron chi connectivity index (χ4n) is 0.827. The summed E-state index contributed by atoms with van der Waals surface area (Å²) < 4.78 is 0. The lowest BCUT2D eigenvalue weighted by molar-refractivity contribution is 0.452. The van der Waals surface area contributed by atoms with Crippen LogP contribution in [0.4, 0.5) is 0 Å². The number of hydrogen-bond acceptors (Lipinski definition) is 3. The minimum Gasteiger partial charge on any atom is -0.326 e. The highest BCUT2D eigenvalue weighted by molar-refractivity contribution is 5.35. The van der Waals surface area contributed by atoms with E-state index in [1.165, 1.54) is 0 Å². The van der Waals surface area contributed by atoms with Crippen LogP contribution in [0.15, 0.2) is 4.99 Å². The third-order valence-electron chi connectivity index (χ3n) is 1.42. The topological polar surface area (TPSA) is 62.2 Å². The van der Waals surface area contributed by atoms with E-state index in [4.69, 9.17) is 11.1 Å². The normalized spacial score (nSPS) is 10.8. The number of unbranched alkanes of at least 4 members (excludes halogenated alkanes) is 1. The van der Waals surface area contributed by atoms with E-state index in [9.17, 15) is 0 Å². The second-order valence-electron chi connectivity index (χ2n) is 3.44. The van der Waals surface area contributed by atoms with Crippen LogP contribution in [-0.2, 0) is 0 Å². The lowest BCUT2D eigenvalue weighted by Gasteiger charge is -2.17. The summed E-state index contributed by atoms with van der Waals surface area (Å²) in [4.78, 5) is 3.67. The highest BCUT2D eigenvalue weighted by Crippen LogP contribution is 2.08. The molecule has 0 radical (unpaired) electrons. The monoisotopic (exact) mass is 155 g/mol. The quantitative estimate of drug-likeness (QED) is 0.460. The average Bonchev–Trinajstić information content (AvgIpc) is 1.85. The Bertz CT molecular complexity index is 140. The number of hydrogen-bond donors (Lipinski definition) is 2. The van der Waals surface area contributed by atoms with Crippen LogP contribution in [0.2, 0.25) is 0 Å². The molecule has 0 spiro atoms. The third-order valence-corrected chi connectivity index (χ3v) is 1.42. The zero-order valence-electron chi connectivity index (χ0n) is 7.35. The Labute approximate surface area is 68.2 Å².